The van der Waals surface area contributed by atoms with Gasteiger partial charge in [-0.25, -0.2) is 0 Å². The molecule has 1 unspecified atom stereocenters. The Morgan fingerprint density at radius 2 is 2.10 bits per heavy atom. The van der Waals surface area contributed by atoms with Gasteiger partial charge in [-0.1, -0.05) is 29.8 Å². The highest BCUT2D eigenvalue weighted by atomic mass is 35.5. The van der Waals surface area contributed by atoms with Crippen LogP contribution in [-0.4, -0.2) is 30.9 Å². The molecular weight excluding hydrogens is 286 g/mol. The van der Waals surface area contributed by atoms with E-state index in [0.29, 0.717) is 30.2 Å². The topological polar surface area (TPSA) is 41.5 Å². The maximum Gasteiger partial charge on any atom is 0.0897 e. The Labute approximate surface area is 131 Å². The van der Waals surface area contributed by atoms with Gasteiger partial charge < -0.3 is 15.2 Å². The quantitative estimate of drug-likeness (QED) is 0.737. The SMILES string of the molecule is OC(CNCC1(C2CC2)CC1)COCc1ccccc1Cl. The van der Waals surface area contributed by atoms with Crippen molar-refractivity contribution in [3.63, 3.8) is 0 Å². The molecule has 0 spiro atoms. The summed E-state index contributed by atoms with van der Waals surface area (Å²) >= 11 is 6.06. The molecule has 0 radical (unpaired) electrons. The van der Waals surface area contributed by atoms with E-state index in [4.69, 9.17) is 16.3 Å². The van der Waals surface area contributed by atoms with Gasteiger partial charge in [0.15, 0.2) is 0 Å². The molecule has 1 aromatic carbocycles. The Kier molecular flexibility index (Phi) is 4.85. The number of halogens is 1. The van der Waals surface area contributed by atoms with Gasteiger partial charge in [0.25, 0.3) is 0 Å². The standard InChI is InChI=1S/C17H24ClNO2/c18-16-4-2-1-3-13(16)10-21-11-15(20)9-19-12-17(7-8-17)14-5-6-14/h1-4,14-15,19-20H,5-12H2. The average molecular weight is 310 g/mol. The van der Waals surface area contributed by atoms with E-state index in [1.165, 1.54) is 25.7 Å². The van der Waals surface area contributed by atoms with Crippen molar-refractivity contribution >= 4 is 11.6 Å². The van der Waals surface area contributed by atoms with Crippen molar-refractivity contribution in [1.29, 1.82) is 0 Å². The van der Waals surface area contributed by atoms with E-state index in [1.54, 1.807) is 0 Å². The lowest BCUT2D eigenvalue weighted by atomic mass is 10.0. The molecule has 3 nitrogen and oxygen atoms in total. The summed E-state index contributed by atoms with van der Waals surface area (Å²) < 4.78 is 5.55. The Morgan fingerprint density at radius 3 is 2.76 bits per heavy atom. The van der Waals surface area contributed by atoms with Crippen molar-refractivity contribution in [3.05, 3.63) is 34.9 Å². The number of hydrogen-bond donors (Lipinski definition) is 2. The predicted molar refractivity (Wildman–Crippen MR) is 84.4 cm³/mol. The minimum absolute atomic E-state index is 0.342. The maximum absolute atomic E-state index is 9.95. The highest BCUT2D eigenvalue weighted by molar-refractivity contribution is 6.31. The second-order valence-corrected chi connectivity index (χ2v) is 6.94. The number of benzene rings is 1. The molecule has 116 valence electrons. The van der Waals surface area contributed by atoms with E-state index in [-0.39, 0.29) is 0 Å². The second kappa shape index (κ2) is 6.66. The highest BCUT2D eigenvalue weighted by Gasteiger charge is 2.53. The van der Waals surface area contributed by atoms with Crippen LogP contribution < -0.4 is 5.32 Å². The first-order chi connectivity index (χ1) is 10.2. The number of ether oxygens (including phenoxy) is 1. The van der Waals surface area contributed by atoms with E-state index in [0.717, 1.165) is 18.0 Å². The number of nitrogens with one attached hydrogen (secondary N) is 1. The smallest absolute Gasteiger partial charge is 0.0897 e. The molecule has 0 saturated heterocycles. The fourth-order valence-corrected chi connectivity index (χ4v) is 3.24. The molecule has 0 bridgehead atoms. The molecule has 2 N–H and O–H groups in total. The number of rotatable bonds is 9. The van der Waals surface area contributed by atoms with Crippen LogP contribution in [-0.2, 0) is 11.3 Å². The number of aliphatic hydroxyl groups excluding tert-OH is 1. The number of aliphatic hydroxyl groups is 1. The van der Waals surface area contributed by atoms with E-state index in [1.807, 2.05) is 24.3 Å². The van der Waals surface area contributed by atoms with Crippen molar-refractivity contribution in [2.24, 2.45) is 11.3 Å². The second-order valence-electron chi connectivity index (χ2n) is 6.53. The van der Waals surface area contributed by atoms with Gasteiger partial charge in [0.1, 0.15) is 0 Å². The van der Waals surface area contributed by atoms with E-state index in [2.05, 4.69) is 5.32 Å². The first kappa shape index (κ1) is 15.3. The molecule has 21 heavy (non-hydrogen) atoms. The summed E-state index contributed by atoms with van der Waals surface area (Å²) in [7, 11) is 0. The molecule has 2 aliphatic carbocycles. The first-order valence-electron chi connectivity index (χ1n) is 7.89. The molecule has 4 heteroatoms. The van der Waals surface area contributed by atoms with Gasteiger partial charge in [0.05, 0.1) is 19.3 Å². The zero-order chi connectivity index (χ0) is 14.7. The molecule has 0 heterocycles. The monoisotopic (exact) mass is 309 g/mol. The van der Waals surface area contributed by atoms with Gasteiger partial charge in [0.2, 0.25) is 0 Å². The highest BCUT2D eigenvalue weighted by Crippen LogP contribution is 2.60. The summed E-state index contributed by atoms with van der Waals surface area (Å²) in [6, 6.07) is 7.64. The summed E-state index contributed by atoms with van der Waals surface area (Å²) in [6.45, 7) is 2.45. The molecule has 2 fully saturated rings. The van der Waals surface area contributed by atoms with E-state index >= 15 is 0 Å². The summed E-state index contributed by atoms with van der Waals surface area (Å²) in [5.41, 5.74) is 1.54. The van der Waals surface area contributed by atoms with Crippen molar-refractivity contribution < 1.29 is 9.84 Å². The largest absolute Gasteiger partial charge is 0.389 e. The summed E-state index contributed by atoms with van der Waals surface area (Å²) in [5.74, 6) is 0.957. The van der Waals surface area contributed by atoms with Gasteiger partial charge in [-0.05, 0) is 48.6 Å². The van der Waals surface area contributed by atoms with Crippen molar-refractivity contribution in [3.8, 4) is 0 Å². The Morgan fingerprint density at radius 1 is 1.33 bits per heavy atom. The zero-order valence-electron chi connectivity index (χ0n) is 12.4. The summed E-state index contributed by atoms with van der Waals surface area (Å²) in [6.07, 6.45) is 5.09. The lowest BCUT2D eigenvalue weighted by molar-refractivity contribution is 0.0283. The van der Waals surface area contributed by atoms with Gasteiger partial charge in [-0.2, -0.15) is 0 Å². The molecule has 0 aliphatic heterocycles. The van der Waals surface area contributed by atoms with Gasteiger partial charge in [0, 0.05) is 18.1 Å². The maximum atomic E-state index is 9.95. The lowest BCUT2D eigenvalue weighted by Gasteiger charge is -2.17. The molecule has 1 aromatic rings. The van der Waals surface area contributed by atoms with Crippen LogP contribution in [0.1, 0.15) is 31.2 Å². The molecule has 2 saturated carbocycles. The Balaban J connectivity index is 1.30. The minimum atomic E-state index is -0.456. The first-order valence-corrected chi connectivity index (χ1v) is 8.27. The van der Waals surface area contributed by atoms with Crippen LogP contribution in [0.3, 0.4) is 0 Å². The van der Waals surface area contributed by atoms with Crippen LogP contribution in [0.2, 0.25) is 5.02 Å². The van der Waals surface area contributed by atoms with Gasteiger partial charge in [-0.15, -0.1) is 0 Å². The molecule has 2 aliphatic rings. The average Bonchev–Trinajstić information content (AvgIpc) is 3.34. The molecule has 0 aromatic heterocycles. The molecule has 1 atom stereocenters. The minimum Gasteiger partial charge on any atom is -0.389 e. The third-order valence-electron chi connectivity index (χ3n) is 4.72. The third-order valence-corrected chi connectivity index (χ3v) is 5.09. The fraction of sp³-hybridized carbons (Fsp3) is 0.647. The summed E-state index contributed by atoms with van der Waals surface area (Å²) in [4.78, 5) is 0. The fourth-order valence-electron chi connectivity index (χ4n) is 3.05. The van der Waals surface area contributed by atoms with Crippen molar-refractivity contribution in [2.45, 2.75) is 38.4 Å². The van der Waals surface area contributed by atoms with Crippen molar-refractivity contribution in [2.75, 3.05) is 19.7 Å². The van der Waals surface area contributed by atoms with Crippen LogP contribution >= 0.6 is 11.6 Å². The normalized spacial score (nSPS) is 21.2. The van der Waals surface area contributed by atoms with Crippen LogP contribution in [0.15, 0.2) is 24.3 Å². The Bertz CT molecular complexity index is 472. The zero-order valence-corrected chi connectivity index (χ0v) is 13.1. The van der Waals surface area contributed by atoms with E-state index in [9.17, 15) is 5.11 Å². The van der Waals surface area contributed by atoms with Crippen LogP contribution in [0.5, 0.6) is 0 Å². The lowest BCUT2D eigenvalue weighted by Crippen LogP contribution is -2.34. The summed E-state index contributed by atoms with van der Waals surface area (Å²) in [5, 5.41) is 14.1. The van der Waals surface area contributed by atoms with Crippen molar-refractivity contribution in [1.82, 2.24) is 5.32 Å². The molecule has 0 amide bonds. The van der Waals surface area contributed by atoms with Crippen LogP contribution in [0.4, 0.5) is 0 Å². The molecule has 3 rings (SSSR count). The van der Waals surface area contributed by atoms with Crippen LogP contribution in [0.25, 0.3) is 0 Å². The third kappa shape index (κ3) is 4.19. The van der Waals surface area contributed by atoms with Crippen LogP contribution in [0, 0.1) is 11.3 Å². The number of hydrogen-bond acceptors (Lipinski definition) is 3. The Hall–Kier alpha value is -0.610. The van der Waals surface area contributed by atoms with E-state index < -0.39 is 6.10 Å². The van der Waals surface area contributed by atoms with Gasteiger partial charge >= 0.3 is 0 Å². The molecular formula is C17H24ClNO2. The predicted octanol–water partition coefficient (Wildman–Crippen LogP) is 3.00. The van der Waals surface area contributed by atoms with Gasteiger partial charge in [-0.3, -0.25) is 0 Å².